The molecule has 1 aliphatic carbocycles. The van der Waals surface area contributed by atoms with E-state index in [-0.39, 0.29) is 18.3 Å². The van der Waals surface area contributed by atoms with Crippen molar-refractivity contribution in [2.24, 2.45) is 11.8 Å². The Morgan fingerprint density at radius 2 is 2.00 bits per heavy atom. The van der Waals surface area contributed by atoms with E-state index in [1.807, 2.05) is 0 Å². The minimum Gasteiger partial charge on any atom is -0.395 e. The molecule has 0 heterocycles. The molecule has 2 atom stereocenters. The van der Waals surface area contributed by atoms with E-state index in [1.54, 1.807) is 19.1 Å². The fourth-order valence-corrected chi connectivity index (χ4v) is 2.90. The lowest BCUT2D eigenvalue weighted by atomic mass is 9.89. The molecular weight excluding hydrogens is 252 g/mol. The monoisotopic (exact) mass is 282 g/mol. The molecule has 0 aromatic carbocycles. The van der Waals surface area contributed by atoms with Crippen LogP contribution in [0.4, 0.5) is 0 Å². The molecule has 20 heavy (non-hydrogen) atoms. The van der Waals surface area contributed by atoms with E-state index < -0.39 is 11.5 Å². The van der Waals surface area contributed by atoms with Crippen molar-refractivity contribution in [3.05, 3.63) is 12.2 Å². The van der Waals surface area contributed by atoms with Gasteiger partial charge in [-0.1, -0.05) is 51.2 Å². The fraction of sp³-hybridized carbons (Fsp3) is 0.824. The third-order valence-corrected chi connectivity index (χ3v) is 4.29. The van der Waals surface area contributed by atoms with Crippen LogP contribution in [0.15, 0.2) is 12.2 Å². The summed E-state index contributed by atoms with van der Waals surface area (Å²) in [6.07, 6.45) is 11.5. The van der Waals surface area contributed by atoms with Crippen LogP contribution in [0.1, 0.15) is 65.2 Å². The number of carbonyl (C=O) groups is 1. The van der Waals surface area contributed by atoms with Crippen molar-refractivity contribution in [3.8, 4) is 0 Å². The molecule has 0 spiro atoms. The summed E-state index contributed by atoms with van der Waals surface area (Å²) in [5.74, 6) is -0.191. The zero-order valence-electron chi connectivity index (χ0n) is 13.0. The standard InChI is InChI=1S/C17H30O3/c1-3-4-7-11-17(2,20)12-10-15(13-18)16(19)14-8-5-6-9-14/h10,12,14-15,18,20H,3-9,11,13H2,1-2H3/t15?,17-/m0/s1. The van der Waals surface area contributed by atoms with Crippen molar-refractivity contribution in [2.75, 3.05) is 6.61 Å². The summed E-state index contributed by atoms with van der Waals surface area (Å²) in [6, 6.07) is 0. The summed E-state index contributed by atoms with van der Waals surface area (Å²) in [7, 11) is 0. The van der Waals surface area contributed by atoms with Gasteiger partial charge >= 0.3 is 0 Å². The van der Waals surface area contributed by atoms with Gasteiger partial charge in [-0.3, -0.25) is 4.79 Å². The lowest BCUT2D eigenvalue weighted by molar-refractivity contribution is -0.126. The van der Waals surface area contributed by atoms with E-state index in [9.17, 15) is 15.0 Å². The lowest BCUT2D eigenvalue weighted by Crippen LogP contribution is -2.25. The first kappa shape index (κ1) is 17.4. The van der Waals surface area contributed by atoms with E-state index in [0.717, 1.165) is 44.9 Å². The van der Waals surface area contributed by atoms with Gasteiger partial charge in [-0.05, 0) is 26.2 Å². The normalized spacial score (nSPS) is 21.2. The summed E-state index contributed by atoms with van der Waals surface area (Å²) in [5.41, 5.74) is -0.876. The van der Waals surface area contributed by atoms with Crippen LogP contribution < -0.4 is 0 Å². The van der Waals surface area contributed by atoms with E-state index in [0.29, 0.717) is 6.42 Å². The lowest BCUT2D eigenvalue weighted by Gasteiger charge is -2.20. The van der Waals surface area contributed by atoms with E-state index in [4.69, 9.17) is 0 Å². The van der Waals surface area contributed by atoms with Crippen LogP contribution in [0.2, 0.25) is 0 Å². The van der Waals surface area contributed by atoms with Crippen LogP contribution in [0.25, 0.3) is 0 Å². The Morgan fingerprint density at radius 1 is 1.35 bits per heavy atom. The molecule has 116 valence electrons. The highest BCUT2D eigenvalue weighted by Gasteiger charge is 2.28. The number of aliphatic hydroxyl groups is 2. The predicted octanol–water partition coefficient (Wildman–Crippen LogP) is 3.24. The Balaban J connectivity index is 2.52. The van der Waals surface area contributed by atoms with Crippen LogP contribution >= 0.6 is 0 Å². The van der Waals surface area contributed by atoms with Crippen molar-refractivity contribution >= 4 is 5.78 Å². The van der Waals surface area contributed by atoms with Gasteiger partial charge in [-0.15, -0.1) is 0 Å². The number of hydrogen-bond donors (Lipinski definition) is 2. The van der Waals surface area contributed by atoms with Crippen molar-refractivity contribution < 1.29 is 15.0 Å². The first-order valence-electron chi connectivity index (χ1n) is 8.06. The number of rotatable bonds is 9. The summed E-state index contributed by atoms with van der Waals surface area (Å²) in [4.78, 5) is 12.3. The minimum atomic E-state index is -0.876. The van der Waals surface area contributed by atoms with Gasteiger partial charge in [0, 0.05) is 5.92 Å². The molecule has 1 aliphatic rings. The molecule has 1 rings (SSSR count). The Hall–Kier alpha value is -0.670. The van der Waals surface area contributed by atoms with E-state index in [2.05, 4.69) is 6.92 Å². The molecule has 0 aromatic rings. The number of carbonyl (C=O) groups excluding carboxylic acids is 1. The molecule has 1 saturated carbocycles. The molecule has 1 fully saturated rings. The van der Waals surface area contributed by atoms with E-state index >= 15 is 0 Å². The maximum Gasteiger partial charge on any atom is 0.145 e. The Bertz CT molecular complexity index is 314. The Kier molecular flexibility index (Phi) is 7.46. The third kappa shape index (κ3) is 5.76. The van der Waals surface area contributed by atoms with Gasteiger partial charge in [0.25, 0.3) is 0 Å². The second kappa shape index (κ2) is 8.58. The average molecular weight is 282 g/mol. The van der Waals surface area contributed by atoms with E-state index in [1.165, 1.54) is 0 Å². The van der Waals surface area contributed by atoms with Gasteiger partial charge in [-0.2, -0.15) is 0 Å². The van der Waals surface area contributed by atoms with Crippen LogP contribution in [0.5, 0.6) is 0 Å². The predicted molar refractivity (Wildman–Crippen MR) is 81.4 cm³/mol. The van der Waals surface area contributed by atoms with Crippen LogP contribution in [-0.2, 0) is 4.79 Å². The summed E-state index contributed by atoms with van der Waals surface area (Å²) < 4.78 is 0. The first-order chi connectivity index (χ1) is 9.50. The number of ketones is 1. The highest BCUT2D eigenvalue weighted by atomic mass is 16.3. The van der Waals surface area contributed by atoms with Crippen LogP contribution in [-0.4, -0.2) is 28.2 Å². The number of unbranched alkanes of at least 4 members (excludes halogenated alkanes) is 2. The van der Waals surface area contributed by atoms with Gasteiger partial charge in [-0.25, -0.2) is 0 Å². The van der Waals surface area contributed by atoms with Crippen molar-refractivity contribution in [1.29, 1.82) is 0 Å². The molecule has 0 aliphatic heterocycles. The number of aliphatic hydroxyl groups excluding tert-OH is 1. The molecule has 0 amide bonds. The largest absolute Gasteiger partial charge is 0.395 e. The Labute approximate surface area is 123 Å². The summed E-state index contributed by atoms with van der Waals surface area (Å²) in [6.45, 7) is 3.75. The SMILES string of the molecule is CCCCC[C@](C)(O)C=CC(CO)C(=O)C1CCCC1. The number of hydrogen-bond acceptors (Lipinski definition) is 3. The maximum atomic E-state index is 12.3. The van der Waals surface area contributed by atoms with Gasteiger partial charge in [0.05, 0.1) is 18.1 Å². The van der Waals surface area contributed by atoms with Gasteiger partial charge in [0.1, 0.15) is 5.78 Å². The van der Waals surface area contributed by atoms with Crippen LogP contribution in [0, 0.1) is 11.8 Å². The van der Waals surface area contributed by atoms with Gasteiger partial charge < -0.3 is 10.2 Å². The van der Waals surface area contributed by atoms with Crippen LogP contribution in [0.3, 0.4) is 0 Å². The molecule has 3 nitrogen and oxygen atoms in total. The van der Waals surface area contributed by atoms with Gasteiger partial charge in [0.2, 0.25) is 0 Å². The maximum absolute atomic E-state index is 12.3. The third-order valence-electron chi connectivity index (χ3n) is 4.29. The minimum absolute atomic E-state index is 0.113. The zero-order chi connectivity index (χ0) is 15.0. The van der Waals surface area contributed by atoms with Crippen molar-refractivity contribution in [2.45, 2.75) is 70.8 Å². The molecule has 0 saturated heterocycles. The molecule has 1 unspecified atom stereocenters. The topological polar surface area (TPSA) is 57.5 Å². The molecule has 3 heteroatoms. The zero-order valence-corrected chi connectivity index (χ0v) is 13.0. The first-order valence-corrected chi connectivity index (χ1v) is 8.06. The molecule has 2 N–H and O–H groups in total. The van der Waals surface area contributed by atoms with Crippen molar-refractivity contribution in [3.63, 3.8) is 0 Å². The summed E-state index contributed by atoms with van der Waals surface area (Å²) >= 11 is 0. The molecule has 0 bridgehead atoms. The molecule has 0 radical (unpaired) electrons. The highest BCUT2D eigenvalue weighted by molar-refractivity contribution is 5.85. The second-order valence-electron chi connectivity index (χ2n) is 6.35. The number of Topliss-reactive ketones (excluding diaryl/α,β-unsaturated/α-hetero) is 1. The Morgan fingerprint density at radius 3 is 2.55 bits per heavy atom. The average Bonchev–Trinajstić information content (AvgIpc) is 2.93. The molecular formula is C17H30O3. The summed E-state index contributed by atoms with van der Waals surface area (Å²) in [5, 5.41) is 19.7. The quantitative estimate of drug-likeness (QED) is 0.504. The molecule has 0 aromatic heterocycles. The smallest absolute Gasteiger partial charge is 0.145 e. The fourth-order valence-electron chi connectivity index (χ4n) is 2.90. The van der Waals surface area contributed by atoms with Gasteiger partial charge in [0.15, 0.2) is 0 Å². The van der Waals surface area contributed by atoms with Crippen molar-refractivity contribution in [1.82, 2.24) is 0 Å². The second-order valence-corrected chi connectivity index (χ2v) is 6.35. The highest BCUT2D eigenvalue weighted by Crippen LogP contribution is 2.28.